The first kappa shape index (κ1) is 13.1. The van der Waals surface area contributed by atoms with Gasteiger partial charge in [0.25, 0.3) is 0 Å². The molecular formula is C13H8Br2N2O. The highest BCUT2D eigenvalue weighted by molar-refractivity contribution is 9.10. The van der Waals surface area contributed by atoms with Gasteiger partial charge in [0, 0.05) is 15.7 Å². The Labute approximate surface area is 121 Å². The number of hydrogen-bond acceptors (Lipinski definition) is 2. The number of aromatic amines is 1. The van der Waals surface area contributed by atoms with Gasteiger partial charge in [-0.3, -0.25) is 4.79 Å². The maximum absolute atomic E-state index is 12.4. The fourth-order valence-electron chi connectivity index (χ4n) is 1.72. The SMILES string of the molecule is Cc1[nH]c(C#N)c(Br)c1C(=O)c1cccc(Br)c1. The van der Waals surface area contributed by atoms with Gasteiger partial charge in [-0.1, -0.05) is 28.1 Å². The zero-order chi connectivity index (χ0) is 13.3. The Balaban J connectivity index is 2.54. The molecule has 0 saturated carbocycles. The molecule has 0 fully saturated rings. The van der Waals surface area contributed by atoms with Crippen LogP contribution in [0.25, 0.3) is 0 Å². The maximum Gasteiger partial charge on any atom is 0.196 e. The molecule has 0 bridgehead atoms. The second-order valence-corrected chi connectivity index (χ2v) is 5.47. The number of benzene rings is 1. The third-order valence-electron chi connectivity index (χ3n) is 2.55. The number of rotatable bonds is 2. The van der Waals surface area contributed by atoms with Crippen molar-refractivity contribution in [1.82, 2.24) is 4.98 Å². The molecule has 0 unspecified atom stereocenters. The molecule has 3 nitrogen and oxygen atoms in total. The largest absolute Gasteiger partial charge is 0.349 e. The Kier molecular flexibility index (Phi) is 3.69. The van der Waals surface area contributed by atoms with E-state index in [-0.39, 0.29) is 5.78 Å². The maximum atomic E-state index is 12.4. The summed E-state index contributed by atoms with van der Waals surface area (Å²) in [6.45, 7) is 1.77. The molecule has 1 heterocycles. The minimum absolute atomic E-state index is 0.113. The first-order valence-electron chi connectivity index (χ1n) is 5.13. The third kappa shape index (κ3) is 2.26. The number of H-pyrrole nitrogens is 1. The minimum Gasteiger partial charge on any atom is -0.349 e. The number of carbonyl (C=O) groups excluding carboxylic acids is 1. The molecule has 1 aromatic heterocycles. The van der Waals surface area contributed by atoms with E-state index in [4.69, 9.17) is 5.26 Å². The van der Waals surface area contributed by atoms with Crippen LogP contribution < -0.4 is 0 Å². The Bertz CT molecular complexity index is 668. The van der Waals surface area contributed by atoms with Gasteiger partial charge in [-0.2, -0.15) is 5.26 Å². The van der Waals surface area contributed by atoms with Gasteiger partial charge in [-0.25, -0.2) is 0 Å². The van der Waals surface area contributed by atoms with Crippen molar-refractivity contribution in [1.29, 1.82) is 5.26 Å². The zero-order valence-electron chi connectivity index (χ0n) is 9.42. The quantitative estimate of drug-likeness (QED) is 0.817. The lowest BCUT2D eigenvalue weighted by molar-refractivity contribution is 0.103. The van der Waals surface area contributed by atoms with Crippen LogP contribution in [0.1, 0.15) is 27.3 Å². The summed E-state index contributed by atoms with van der Waals surface area (Å²) in [5.74, 6) is -0.113. The minimum atomic E-state index is -0.113. The molecule has 0 amide bonds. The van der Waals surface area contributed by atoms with Crippen LogP contribution in [0.4, 0.5) is 0 Å². The lowest BCUT2D eigenvalue weighted by Gasteiger charge is -2.02. The van der Waals surface area contributed by atoms with Gasteiger partial charge in [0.2, 0.25) is 0 Å². The molecule has 1 aromatic carbocycles. The van der Waals surface area contributed by atoms with Crippen molar-refractivity contribution in [2.45, 2.75) is 6.92 Å². The summed E-state index contributed by atoms with van der Waals surface area (Å²) in [6, 6.07) is 9.18. The van der Waals surface area contributed by atoms with Gasteiger partial charge in [0.15, 0.2) is 5.78 Å². The number of ketones is 1. The molecular weight excluding hydrogens is 360 g/mol. The molecule has 2 aromatic rings. The van der Waals surface area contributed by atoms with Crippen molar-refractivity contribution in [2.75, 3.05) is 0 Å². The molecule has 0 aliphatic rings. The second-order valence-electron chi connectivity index (χ2n) is 3.77. The number of carbonyl (C=O) groups is 1. The predicted molar refractivity (Wildman–Crippen MR) is 75.5 cm³/mol. The highest BCUT2D eigenvalue weighted by atomic mass is 79.9. The first-order chi connectivity index (χ1) is 8.54. The molecule has 90 valence electrons. The summed E-state index contributed by atoms with van der Waals surface area (Å²) >= 11 is 6.63. The van der Waals surface area contributed by atoms with Gasteiger partial charge in [-0.05, 0) is 35.0 Å². The second kappa shape index (κ2) is 5.09. The van der Waals surface area contributed by atoms with Gasteiger partial charge < -0.3 is 4.98 Å². The fourth-order valence-corrected chi connectivity index (χ4v) is 2.78. The van der Waals surface area contributed by atoms with Gasteiger partial charge in [0.1, 0.15) is 11.8 Å². The number of nitriles is 1. The van der Waals surface area contributed by atoms with E-state index in [0.717, 1.165) is 4.47 Å². The molecule has 0 atom stereocenters. The summed E-state index contributed by atoms with van der Waals surface area (Å²) < 4.78 is 1.37. The number of aromatic nitrogens is 1. The van der Waals surface area contributed by atoms with E-state index in [1.807, 2.05) is 12.1 Å². The topological polar surface area (TPSA) is 56.6 Å². The van der Waals surface area contributed by atoms with Crippen molar-refractivity contribution in [3.8, 4) is 6.07 Å². The van der Waals surface area contributed by atoms with E-state index in [1.165, 1.54) is 0 Å². The number of hydrogen-bond donors (Lipinski definition) is 1. The Morgan fingerprint density at radius 1 is 1.39 bits per heavy atom. The Morgan fingerprint density at radius 3 is 2.67 bits per heavy atom. The summed E-state index contributed by atoms with van der Waals surface area (Å²) in [4.78, 5) is 15.3. The summed E-state index contributed by atoms with van der Waals surface area (Å²) in [5, 5.41) is 8.92. The highest BCUT2D eigenvalue weighted by Crippen LogP contribution is 2.27. The van der Waals surface area contributed by atoms with Crippen LogP contribution in [-0.4, -0.2) is 10.8 Å². The molecule has 0 saturated heterocycles. The molecule has 0 radical (unpaired) electrons. The molecule has 5 heteroatoms. The number of nitrogens with one attached hydrogen (secondary N) is 1. The van der Waals surface area contributed by atoms with Crippen LogP contribution in [0.3, 0.4) is 0 Å². The smallest absolute Gasteiger partial charge is 0.196 e. The van der Waals surface area contributed by atoms with E-state index in [9.17, 15) is 4.79 Å². The van der Waals surface area contributed by atoms with E-state index in [2.05, 4.69) is 36.8 Å². The Morgan fingerprint density at radius 2 is 2.11 bits per heavy atom. The summed E-state index contributed by atoms with van der Waals surface area (Å²) in [6.07, 6.45) is 0. The van der Waals surface area contributed by atoms with Crippen molar-refractivity contribution in [2.24, 2.45) is 0 Å². The predicted octanol–water partition coefficient (Wildman–Crippen LogP) is 3.95. The van der Waals surface area contributed by atoms with Crippen molar-refractivity contribution in [3.05, 3.63) is 55.7 Å². The lowest BCUT2D eigenvalue weighted by Crippen LogP contribution is -2.02. The average Bonchev–Trinajstić information content (AvgIpc) is 2.63. The van der Waals surface area contributed by atoms with Crippen molar-refractivity contribution in [3.63, 3.8) is 0 Å². The van der Waals surface area contributed by atoms with Gasteiger partial charge in [0.05, 0.1) is 10.0 Å². The molecule has 0 spiro atoms. The van der Waals surface area contributed by atoms with Crippen LogP contribution in [0.2, 0.25) is 0 Å². The van der Waals surface area contributed by atoms with Crippen LogP contribution in [0, 0.1) is 18.3 Å². The highest BCUT2D eigenvalue weighted by Gasteiger charge is 2.20. The van der Waals surface area contributed by atoms with E-state index >= 15 is 0 Å². The number of halogens is 2. The molecule has 1 N–H and O–H groups in total. The van der Waals surface area contributed by atoms with Crippen LogP contribution >= 0.6 is 31.9 Å². The molecule has 0 aliphatic carbocycles. The van der Waals surface area contributed by atoms with E-state index in [0.29, 0.717) is 27.0 Å². The fraction of sp³-hybridized carbons (Fsp3) is 0.0769. The van der Waals surface area contributed by atoms with Crippen molar-refractivity contribution >= 4 is 37.6 Å². The molecule has 18 heavy (non-hydrogen) atoms. The lowest BCUT2D eigenvalue weighted by atomic mass is 10.0. The van der Waals surface area contributed by atoms with Crippen LogP contribution in [0.5, 0.6) is 0 Å². The molecule has 0 aliphatic heterocycles. The normalized spacial score (nSPS) is 10.1. The Hall–Kier alpha value is -1.38. The molecule has 2 rings (SSSR count). The summed E-state index contributed by atoms with van der Waals surface area (Å²) in [7, 11) is 0. The van der Waals surface area contributed by atoms with E-state index < -0.39 is 0 Å². The third-order valence-corrected chi connectivity index (χ3v) is 3.84. The number of aryl methyl sites for hydroxylation is 1. The summed E-state index contributed by atoms with van der Waals surface area (Å²) in [5.41, 5.74) is 2.13. The van der Waals surface area contributed by atoms with Crippen LogP contribution in [0.15, 0.2) is 33.2 Å². The van der Waals surface area contributed by atoms with Crippen molar-refractivity contribution < 1.29 is 4.79 Å². The average molecular weight is 368 g/mol. The van der Waals surface area contributed by atoms with Gasteiger partial charge in [-0.15, -0.1) is 0 Å². The first-order valence-corrected chi connectivity index (χ1v) is 6.71. The van der Waals surface area contributed by atoms with E-state index in [1.54, 1.807) is 25.1 Å². The zero-order valence-corrected chi connectivity index (χ0v) is 12.6. The number of nitrogens with zero attached hydrogens (tertiary/aromatic N) is 1. The van der Waals surface area contributed by atoms with Gasteiger partial charge >= 0.3 is 0 Å². The standard InChI is InChI=1S/C13H8Br2N2O/c1-7-11(12(15)10(6-16)17-7)13(18)8-3-2-4-9(14)5-8/h2-5,17H,1H3. The monoisotopic (exact) mass is 366 g/mol. The van der Waals surface area contributed by atoms with Crippen LogP contribution in [-0.2, 0) is 0 Å².